The molecule has 31 heavy (non-hydrogen) atoms. The molecule has 2 N–H and O–H groups in total. The lowest BCUT2D eigenvalue weighted by atomic mass is 10.1. The number of amides is 1. The van der Waals surface area contributed by atoms with E-state index >= 15 is 0 Å². The molecule has 0 aliphatic rings. The second-order valence-electron chi connectivity index (χ2n) is 6.46. The minimum absolute atomic E-state index is 0.00699. The van der Waals surface area contributed by atoms with Crippen molar-refractivity contribution in [1.29, 1.82) is 0 Å². The number of carbonyl (C=O) groups is 2. The van der Waals surface area contributed by atoms with Crippen LogP contribution >= 0.6 is 40.4 Å². The number of ether oxygens (including phenoxy) is 2. The monoisotopic (exact) mass is 575 g/mol. The molecule has 0 radical (unpaired) electrons. The van der Waals surface area contributed by atoms with Gasteiger partial charge in [0.2, 0.25) is 0 Å². The highest BCUT2D eigenvalue weighted by Crippen LogP contribution is 2.39. The molecule has 0 bridgehead atoms. The first-order chi connectivity index (χ1) is 14.8. The Balaban J connectivity index is 0.00000110. The summed E-state index contributed by atoms with van der Waals surface area (Å²) in [4.78, 5) is 23.3. The lowest BCUT2D eigenvalue weighted by Crippen LogP contribution is -2.30. The Bertz CT molecular complexity index is 867. The highest BCUT2D eigenvalue weighted by Gasteiger charge is 2.16. The summed E-state index contributed by atoms with van der Waals surface area (Å²) in [6.07, 6.45) is 3.61. The Morgan fingerprint density at radius 1 is 1.10 bits per heavy atom. The minimum atomic E-state index is -0.610. The van der Waals surface area contributed by atoms with Gasteiger partial charge in [0, 0.05) is 0 Å². The number of hydrogen-bond donors (Lipinski definition) is 2. The summed E-state index contributed by atoms with van der Waals surface area (Å²) < 4.78 is 11.9. The maximum atomic E-state index is 12.2. The molecule has 1 unspecified atom stereocenters. The van der Waals surface area contributed by atoms with Crippen molar-refractivity contribution in [3.8, 4) is 17.2 Å². The number of unbranched alkanes of at least 4 members (excludes halogenated alkanes) is 1. The average Bonchev–Trinajstić information content (AvgIpc) is 2.75. The van der Waals surface area contributed by atoms with Gasteiger partial charge in [-0.2, -0.15) is 0 Å². The average molecular weight is 577 g/mol. The van der Waals surface area contributed by atoms with Gasteiger partial charge in [-0.15, -0.1) is 8.58 Å². The minimum Gasteiger partial charge on any atom is -0.507 e. The Labute approximate surface area is 202 Å². The van der Waals surface area contributed by atoms with Crippen molar-refractivity contribution in [3.63, 3.8) is 0 Å². The molecule has 2 aromatic carbocycles. The smallest absolute Gasteiger partial charge is 0.325 e. The van der Waals surface area contributed by atoms with Crippen LogP contribution in [-0.2, 0) is 15.7 Å². The molecular weight excluding hydrogens is 549 g/mol. The van der Waals surface area contributed by atoms with E-state index in [0.717, 1.165) is 23.7 Å². The third kappa shape index (κ3) is 9.17. The van der Waals surface area contributed by atoms with Gasteiger partial charge >= 0.3 is 5.97 Å². The topological polar surface area (TPSA) is 84.9 Å². The summed E-state index contributed by atoms with van der Waals surface area (Å²) in [5.74, 6) is -0.494. The van der Waals surface area contributed by atoms with E-state index in [1.54, 1.807) is 6.07 Å². The number of aromatic hydroxyl groups is 1. The quantitative estimate of drug-likeness (QED) is 0.287. The molecule has 0 saturated carbocycles. The largest absolute Gasteiger partial charge is 0.507 e. The highest BCUT2D eigenvalue weighted by molar-refractivity contribution is 9.11. The summed E-state index contributed by atoms with van der Waals surface area (Å²) in [7, 11) is 2.03. The molecule has 0 aliphatic heterocycles. The molecule has 0 spiro atoms. The van der Waals surface area contributed by atoms with Crippen LogP contribution in [0.3, 0.4) is 0 Å². The van der Waals surface area contributed by atoms with E-state index in [4.69, 9.17) is 4.74 Å². The number of halogens is 2. The van der Waals surface area contributed by atoms with E-state index < -0.39 is 11.9 Å². The second kappa shape index (κ2) is 14.4. The van der Waals surface area contributed by atoms with Crippen molar-refractivity contribution in [2.24, 2.45) is 0 Å². The van der Waals surface area contributed by atoms with Gasteiger partial charge in [-0.05, 0) is 80.6 Å². The molecule has 0 aliphatic carbocycles. The third-order valence-corrected chi connectivity index (χ3v) is 5.93. The first-order valence-electron chi connectivity index (χ1n) is 9.75. The van der Waals surface area contributed by atoms with E-state index in [1.165, 1.54) is 37.6 Å². The number of methoxy groups -OCH3 is 1. The fraction of sp³-hybridized carbons (Fsp3) is 0.364. The van der Waals surface area contributed by atoms with Crippen LogP contribution in [0.15, 0.2) is 39.3 Å². The molecule has 1 atom stereocenters. The van der Waals surface area contributed by atoms with Crippen LogP contribution in [0.4, 0.5) is 0 Å². The van der Waals surface area contributed by atoms with Crippen LogP contribution in [0.25, 0.3) is 0 Å². The van der Waals surface area contributed by atoms with E-state index in [0.29, 0.717) is 11.5 Å². The van der Waals surface area contributed by atoms with Crippen molar-refractivity contribution in [2.75, 3.05) is 20.3 Å². The van der Waals surface area contributed by atoms with E-state index in [1.807, 2.05) is 12.1 Å². The molecule has 0 fully saturated rings. The number of rotatable bonds is 8. The first-order valence-corrected chi connectivity index (χ1v) is 13.0. The number of esters is 1. The number of phenolic OH excluding ortho intramolecular Hbond substituents is 1. The zero-order chi connectivity index (χ0) is 23.4. The van der Waals surface area contributed by atoms with Crippen molar-refractivity contribution in [3.05, 3.63) is 50.4 Å². The maximum absolute atomic E-state index is 12.2. The normalized spacial score (nSPS) is 10.4. The van der Waals surface area contributed by atoms with Crippen LogP contribution in [0.2, 0.25) is 0 Å². The summed E-state index contributed by atoms with van der Waals surface area (Å²) in [5.41, 5.74) is 1.17. The third-order valence-electron chi connectivity index (χ3n) is 3.99. The summed E-state index contributed by atoms with van der Waals surface area (Å²) >= 11 is 7.01. The van der Waals surface area contributed by atoms with Crippen molar-refractivity contribution in [2.45, 2.75) is 32.9 Å². The van der Waals surface area contributed by atoms with E-state index in [-0.39, 0.29) is 17.9 Å². The van der Waals surface area contributed by atoms with Crippen molar-refractivity contribution in [1.82, 2.24) is 5.32 Å². The summed E-state index contributed by atoms with van der Waals surface area (Å²) in [6.45, 7) is 6.20. The lowest BCUT2D eigenvalue weighted by Gasteiger charge is -2.13. The van der Waals surface area contributed by atoms with Crippen molar-refractivity contribution >= 4 is 52.3 Å². The van der Waals surface area contributed by atoms with Gasteiger partial charge in [-0.25, -0.2) is 0 Å². The highest BCUT2D eigenvalue weighted by atomic mass is 79.9. The standard InChI is InChI=1S/C18H18Br2NO5P.C4H10/c1-25-16(23)8-21-18(24)12-7-11(3-4-15(12)22)26-17-13(19)5-10(9-27-2)6-14(17)20;1-3-4-2/h3-7,22,27H,8-9H2,1-2H3,(H,21,24);3-4H2,1-2H3. The molecule has 9 heteroatoms. The molecule has 170 valence electrons. The molecular formula is C22H28Br2NO5P. The molecule has 2 aromatic rings. The fourth-order valence-corrected chi connectivity index (χ4v) is 4.27. The van der Waals surface area contributed by atoms with Gasteiger partial charge in [0.15, 0.2) is 5.75 Å². The number of nitrogens with one attached hydrogen (secondary N) is 1. The molecule has 0 aromatic heterocycles. The summed E-state index contributed by atoms with van der Waals surface area (Å²) in [6, 6.07) is 8.29. The van der Waals surface area contributed by atoms with Crippen LogP contribution in [0.5, 0.6) is 17.2 Å². The zero-order valence-electron chi connectivity index (χ0n) is 18.1. The molecule has 1 amide bonds. The van der Waals surface area contributed by atoms with E-state index in [2.05, 4.69) is 62.4 Å². The summed E-state index contributed by atoms with van der Waals surface area (Å²) in [5, 5.41) is 12.3. The van der Waals surface area contributed by atoms with Gasteiger partial charge in [0.1, 0.15) is 18.0 Å². The van der Waals surface area contributed by atoms with Crippen LogP contribution in [0, 0.1) is 0 Å². The SMILES string of the molecule is CCCC.COC(=O)CNC(=O)c1cc(Oc2c(Br)cc(CPC)cc2Br)ccc1O. The number of carbonyl (C=O) groups excluding carboxylic acids is 2. The molecule has 0 heterocycles. The van der Waals surface area contributed by atoms with Crippen LogP contribution in [0.1, 0.15) is 42.6 Å². The molecule has 6 nitrogen and oxygen atoms in total. The van der Waals surface area contributed by atoms with Gasteiger partial charge in [-0.3, -0.25) is 9.59 Å². The molecule has 0 saturated heterocycles. The zero-order valence-corrected chi connectivity index (χ0v) is 22.2. The van der Waals surface area contributed by atoms with Gasteiger partial charge < -0.3 is 19.9 Å². The molecule has 2 rings (SSSR count). The Morgan fingerprint density at radius 2 is 1.71 bits per heavy atom. The lowest BCUT2D eigenvalue weighted by molar-refractivity contribution is -0.139. The first kappa shape index (κ1) is 27.4. The fourth-order valence-electron chi connectivity index (χ4n) is 2.21. The maximum Gasteiger partial charge on any atom is 0.325 e. The van der Waals surface area contributed by atoms with E-state index in [9.17, 15) is 14.7 Å². The van der Waals surface area contributed by atoms with Crippen LogP contribution in [-0.4, -0.2) is 37.3 Å². The Kier molecular flexibility index (Phi) is 12.8. The Morgan fingerprint density at radius 3 is 2.23 bits per heavy atom. The second-order valence-corrected chi connectivity index (χ2v) is 9.23. The van der Waals surface area contributed by atoms with Gasteiger partial charge in [-0.1, -0.05) is 26.7 Å². The predicted molar refractivity (Wildman–Crippen MR) is 133 cm³/mol. The van der Waals surface area contributed by atoms with Gasteiger partial charge in [0.05, 0.1) is 21.6 Å². The number of phenols is 1. The predicted octanol–water partition coefficient (Wildman–Crippen LogP) is 6.23. The van der Waals surface area contributed by atoms with Gasteiger partial charge in [0.25, 0.3) is 5.91 Å². The number of hydrogen-bond acceptors (Lipinski definition) is 5. The Hall–Kier alpha value is -1.63. The van der Waals surface area contributed by atoms with Crippen LogP contribution < -0.4 is 10.1 Å². The number of benzene rings is 2. The van der Waals surface area contributed by atoms with Crippen molar-refractivity contribution < 1.29 is 24.2 Å².